The Bertz CT molecular complexity index is 261. The Balaban J connectivity index is 2.72. The van der Waals surface area contributed by atoms with Gasteiger partial charge in [-0.25, -0.2) is 0 Å². The topological polar surface area (TPSA) is 55.5 Å². The van der Waals surface area contributed by atoms with Crippen molar-refractivity contribution in [2.45, 2.75) is 13.3 Å². The lowest BCUT2D eigenvalue weighted by Crippen LogP contribution is -1.98. The highest BCUT2D eigenvalue weighted by Crippen LogP contribution is 2.25. The predicted octanol–water partition coefficient (Wildman–Crippen LogP) is 1.76. The minimum atomic E-state index is 0.163. The van der Waals surface area contributed by atoms with Gasteiger partial charge < -0.3 is 15.6 Å². The zero-order chi connectivity index (χ0) is 8.97. The molecule has 0 aliphatic carbocycles. The minimum absolute atomic E-state index is 0.163. The van der Waals surface area contributed by atoms with Crippen LogP contribution in [0, 0.1) is 0 Å². The normalized spacial score (nSPS) is 9.75. The highest BCUT2D eigenvalue weighted by Gasteiger charge is 1.99. The lowest BCUT2D eigenvalue weighted by atomic mass is 10.3. The molecule has 0 atom stereocenters. The van der Waals surface area contributed by atoms with E-state index in [0.717, 1.165) is 6.42 Å². The number of nitrogens with two attached hydrogens (primary N) is 1. The van der Waals surface area contributed by atoms with Gasteiger partial charge in [-0.15, -0.1) is 0 Å². The molecule has 66 valence electrons. The zero-order valence-corrected chi connectivity index (χ0v) is 7.08. The number of benzene rings is 1. The van der Waals surface area contributed by atoms with E-state index in [0.29, 0.717) is 18.0 Å². The number of anilines is 1. The first-order valence-corrected chi connectivity index (χ1v) is 3.95. The molecule has 0 radical (unpaired) electrons. The van der Waals surface area contributed by atoms with Crippen molar-refractivity contribution >= 4 is 5.69 Å². The number of hydrogen-bond donors (Lipinski definition) is 2. The maximum Gasteiger partial charge on any atom is 0.142 e. The lowest BCUT2D eigenvalue weighted by Gasteiger charge is -2.07. The zero-order valence-electron chi connectivity index (χ0n) is 7.08. The fourth-order valence-corrected chi connectivity index (χ4v) is 0.879. The van der Waals surface area contributed by atoms with Crippen LogP contribution >= 0.6 is 0 Å². The Labute approximate surface area is 71.8 Å². The molecular weight excluding hydrogens is 154 g/mol. The molecular formula is C9H13NO2. The van der Waals surface area contributed by atoms with E-state index in [4.69, 9.17) is 15.6 Å². The summed E-state index contributed by atoms with van der Waals surface area (Å²) in [5, 5.41) is 9.03. The van der Waals surface area contributed by atoms with Crippen LogP contribution in [-0.4, -0.2) is 11.7 Å². The van der Waals surface area contributed by atoms with Crippen LogP contribution in [-0.2, 0) is 0 Å². The third-order valence-corrected chi connectivity index (χ3v) is 1.46. The third kappa shape index (κ3) is 2.05. The molecule has 12 heavy (non-hydrogen) atoms. The first-order chi connectivity index (χ1) is 5.74. The van der Waals surface area contributed by atoms with Gasteiger partial charge in [0, 0.05) is 6.07 Å². The summed E-state index contributed by atoms with van der Waals surface area (Å²) in [4.78, 5) is 0. The van der Waals surface area contributed by atoms with E-state index in [1.54, 1.807) is 12.1 Å². The molecule has 1 aromatic carbocycles. The van der Waals surface area contributed by atoms with Crippen LogP contribution < -0.4 is 10.5 Å². The van der Waals surface area contributed by atoms with E-state index >= 15 is 0 Å². The van der Waals surface area contributed by atoms with Crippen LogP contribution in [0.25, 0.3) is 0 Å². The van der Waals surface area contributed by atoms with Gasteiger partial charge in [0.25, 0.3) is 0 Å². The fraction of sp³-hybridized carbons (Fsp3) is 0.333. The Morgan fingerprint density at radius 3 is 2.83 bits per heavy atom. The van der Waals surface area contributed by atoms with Gasteiger partial charge in [-0.3, -0.25) is 0 Å². The summed E-state index contributed by atoms with van der Waals surface area (Å²) in [6, 6.07) is 4.70. The number of nitrogen functional groups attached to an aromatic ring is 1. The van der Waals surface area contributed by atoms with Crippen molar-refractivity contribution in [1.29, 1.82) is 0 Å². The average molecular weight is 167 g/mol. The third-order valence-electron chi connectivity index (χ3n) is 1.46. The van der Waals surface area contributed by atoms with Gasteiger partial charge in [0.05, 0.1) is 12.3 Å². The molecule has 0 saturated carbocycles. The lowest BCUT2D eigenvalue weighted by molar-refractivity contribution is 0.318. The van der Waals surface area contributed by atoms with Crippen molar-refractivity contribution in [3.8, 4) is 11.5 Å². The summed E-state index contributed by atoms with van der Waals surface area (Å²) in [7, 11) is 0. The monoisotopic (exact) mass is 167 g/mol. The first kappa shape index (κ1) is 8.71. The first-order valence-electron chi connectivity index (χ1n) is 3.95. The number of ether oxygens (including phenoxy) is 1. The second kappa shape index (κ2) is 3.85. The number of rotatable bonds is 3. The maximum absolute atomic E-state index is 9.03. The maximum atomic E-state index is 9.03. The number of hydrogen-bond acceptors (Lipinski definition) is 3. The van der Waals surface area contributed by atoms with Gasteiger partial charge in [-0.05, 0) is 18.6 Å². The molecule has 0 unspecified atom stereocenters. The van der Waals surface area contributed by atoms with E-state index in [-0.39, 0.29) is 5.75 Å². The standard InChI is InChI=1S/C9H13NO2/c1-2-5-12-9-4-3-7(11)6-8(9)10/h3-4,6,11H,2,5,10H2,1H3. The highest BCUT2D eigenvalue weighted by atomic mass is 16.5. The van der Waals surface area contributed by atoms with Crippen molar-refractivity contribution in [2.24, 2.45) is 0 Å². The molecule has 3 nitrogen and oxygen atoms in total. The summed E-state index contributed by atoms with van der Waals surface area (Å²) in [5.41, 5.74) is 6.05. The van der Waals surface area contributed by atoms with E-state index < -0.39 is 0 Å². The second-order valence-corrected chi connectivity index (χ2v) is 2.57. The summed E-state index contributed by atoms with van der Waals surface area (Å²) >= 11 is 0. The Morgan fingerprint density at radius 1 is 1.50 bits per heavy atom. The summed E-state index contributed by atoms with van der Waals surface area (Å²) in [5.74, 6) is 0.797. The molecule has 3 N–H and O–H groups in total. The molecule has 0 heterocycles. The molecule has 0 aliphatic heterocycles. The van der Waals surface area contributed by atoms with E-state index in [1.807, 2.05) is 6.92 Å². The van der Waals surface area contributed by atoms with Gasteiger partial charge in [0.15, 0.2) is 0 Å². The molecule has 0 fully saturated rings. The molecule has 1 aromatic rings. The fourth-order valence-electron chi connectivity index (χ4n) is 0.879. The van der Waals surface area contributed by atoms with E-state index in [2.05, 4.69) is 0 Å². The van der Waals surface area contributed by atoms with Crippen LogP contribution in [0.5, 0.6) is 11.5 Å². The minimum Gasteiger partial charge on any atom is -0.508 e. The average Bonchev–Trinajstić information content (AvgIpc) is 2.03. The molecule has 0 saturated heterocycles. The SMILES string of the molecule is CCCOc1ccc(O)cc1N. The molecule has 0 aromatic heterocycles. The summed E-state index contributed by atoms with van der Waals surface area (Å²) in [6.45, 7) is 2.67. The molecule has 3 heteroatoms. The van der Waals surface area contributed by atoms with Crippen molar-refractivity contribution in [3.63, 3.8) is 0 Å². The van der Waals surface area contributed by atoms with Crippen molar-refractivity contribution in [2.75, 3.05) is 12.3 Å². The van der Waals surface area contributed by atoms with Crippen molar-refractivity contribution in [1.82, 2.24) is 0 Å². The molecule has 0 spiro atoms. The van der Waals surface area contributed by atoms with E-state index in [1.165, 1.54) is 6.07 Å². The molecule has 0 aliphatic rings. The van der Waals surface area contributed by atoms with Crippen LogP contribution in [0.3, 0.4) is 0 Å². The largest absolute Gasteiger partial charge is 0.508 e. The van der Waals surface area contributed by atoms with Crippen LogP contribution in [0.2, 0.25) is 0 Å². The smallest absolute Gasteiger partial charge is 0.142 e. The Hall–Kier alpha value is -1.38. The summed E-state index contributed by atoms with van der Waals surface area (Å²) in [6.07, 6.45) is 0.945. The Morgan fingerprint density at radius 2 is 2.25 bits per heavy atom. The van der Waals surface area contributed by atoms with Gasteiger partial charge in [-0.2, -0.15) is 0 Å². The van der Waals surface area contributed by atoms with Gasteiger partial charge >= 0.3 is 0 Å². The van der Waals surface area contributed by atoms with Gasteiger partial charge in [0.1, 0.15) is 11.5 Å². The molecule has 0 amide bonds. The van der Waals surface area contributed by atoms with Gasteiger partial charge in [0.2, 0.25) is 0 Å². The van der Waals surface area contributed by atoms with Crippen LogP contribution in [0.15, 0.2) is 18.2 Å². The quantitative estimate of drug-likeness (QED) is 0.674. The molecule has 1 rings (SSSR count). The van der Waals surface area contributed by atoms with Crippen molar-refractivity contribution < 1.29 is 9.84 Å². The van der Waals surface area contributed by atoms with E-state index in [9.17, 15) is 0 Å². The van der Waals surface area contributed by atoms with Crippen molar-refractivity contribution in [3.05, 3.63) is 18.2 Å². The van der Waals surface area contributed by atoms with Gasteiger partial charge in [-0.1, -0.05) is 6.92 Å². The summed E-state index contributed by atoms with van der Waals surface area (Å²) < 4.78 is 5.30. The molecule has 0 bridgehead atoms. The number of phenolic OH excluding ortho intramolecular Hbond substituents is 1. The highest BCUT2D eigenvalue weighted by molar-refractivity contribution is 5.55. The van der Waals surface area contributed by atoms with Crippen LogP contribution in [0.4, 0.5) is 5.69 Å². The predicted molar refractivity (Wildman–Crippen MR) is 48.3 cm³/mol. The second-order valence-electron chi connectivity index (χ2n) is 2.57. The number of aromatic hydroxyl groups is 1. The number of phenols is 1. The Kier molecular flexibility index (Phi) is 2.80. The van der Waals surface area contributed by atoms with Crippen LogP contribution in [0.1, 0.15) is 13.3 Å².